The Morgan fingerprint density at radius 2 is 1.76 bits per heavy atom. The normalized spacial score (nSPS) is 30.7. The average molecular weight is 419 g/mol. The molecule has 5 atom stereocenters. The molecule has 3 N–H and O–H groups in total. The molecule has 2 saturated carbocycles. The molecule has 2 amide bonds. The second-order valence-electron chi connectivity index (χ2n) is 10.0. The monoisotopic (exact) mass is 418 g/mol. The molecular weight excluding hydrogens is 388 g/mol. The summed E-state index contributed by atoms with van der Waals surface area (Å²) in [6.07, 6.45) is 5.52. The van der Waals surface area contributed by atoms with Gasteiger partial charge < -0.3 is 5.11 Å². The number of carboxylic acids is 1. The fourth-order valence-corrected chi connectivity index (χ4v) is 6.90. The number of aliphatic carboxylic acids is 1. The molecule has 0 aromatic carbocycles. The van der Waals surface area contributed by atoms with E-state index in [1.165, 1.54) is 4.88 Å². The summed E-state index contributed by atoms with van der Waals surface area (Å²) in [5, 5.41) is 11.4. The summed E-state index contributed by atoms with van der Waals surface area (Å²) in [4.78, 5) is 38.3. The Morgan fingerprint density at radius 3 is 2.41 bits per heavy atom. The third-order valence-corrected chi connectivity index (χ3v) is 8.48. The van der Waals surface area contributed by atoms with Gasteiger partial charge in [0.05, 0.1) is 17.4 Å². The molecule has 7 heteroatoms. The molecule has 1 aromatic heterocycles. The number of hydrazine groups is 1. The van der Waals surface area contributed by atoms with E-state index in [1.54, 1.807) is 11.3 Å². The van der Waals surface area contributed by atoms with E-state index >= 15 is 0 Å². The zero-order valence-electron chi connectivity index (χ0n) is 17.3. The van der Waals surface area contributed by atoms with Crippen LogP contribution >= 0.6 is 11.3 Å². The minimum absolute atomic E-state index is 0.0867. The Kier molecular flexibility index (Phi) is 5.21. The van der Waals surface area contributed by atoms with E-state index in [0.717, 1.165) is 44.1 Å². The topological polar surface area (TPSA) is 95.5 Å². The van der Waals surface area contributed by atoms with Crippen molar-refractivity contribution in [2.45, 2.75) is 59.3 Å². The molecule has 0 saturated heterocycles. The molecule has 6 nitrogen and oxygen atoms in total. The van der Waals surface area contributed by atoms with E-state index in [0.29, 0.717) is 11.5 Å². The van der Waals surface area contributed by atoms with Crippen LogP contribution in [0.1, 0.15) is 67.3 Å². The maximum Gasteiger partial charge on any atom is 0.307 e. The second-order valence-corrected chi connectivity index (χ2v) is 11.0. The van der Waals surface area contributed by atoms with Crippen molar-refractivity contribution in [1.29, 1.82) is 0 Å². The first kappa shape index (κ1) is 20.4. The highest BCUT2D eigenvalue weighted by atomic mass is 32.1. The summed E-state index contributed by atoms with van der Waals surface area (Å²) in [6.45, 7) is 6.79. The predicted molar refractivity (Wildman–Crippen MR) is 110 cm³/mol. The van der Waals surface area contributed by atoms with Gasteiger partial charge in [0.25, 0.3) is 5.91 Å². The number of thiophene rings is 1. The second kappa shape index (κ2) is 7.42. The van der Waals surface area contributed by atoms with Gasteiger partial charge >= 0.3 is 5.97 Å². The van der Waals surface area contributed by atoms with E-state index in [2.05, 4.69) is 31.6 Å². The third kappa shape index (κ3) is 3.69. The summed E-state index contributed by atoms with van der Waals surface area (Å²) >= 11 is 1.62. The maximum absolute atomic E-state index is 12.7. The van der Waals surface area contributed by atoms with Crippen molar-refractivity contribution in [3.63, 3.8) is 0 Å². The lowest BCUT2D eigenvalue weighted by atomic mass is 9.72. The molecule has 0 unspecified atom stereocenters. The first-order valence-electron chi connectivity index (χ1n) is 10.6. The van der Waals surface area contributed by atoms with E-state index < -0.39 is 17.8 Å². The minimum atomic E-state index is -0.899. The molecule has 3 aliphatic carbocycles. The standard InChI is InChI=1S/C22H30N2O4S/c1-22(2,3)13-6-7-14-15(10-29-16(14)9-13)19(25)23-24-20(26)17-11-4-5-12(8-11)18(17)21(27)28/h10-13,17-18H,4-9H2,1-3H3,(H,23,25)(H,24,26)(H,27,28)/t11-,12+,13+,17-,18+/m1/s1. The van der Waals surface area contributed by atoms with Gasteiger partial charge in [-0.15, -0.1) is 11.3 Å². The molecule has 0 aliphatic heterocycles. The zero-order chi connectivity index (χ0) is 20.9. The van der Waals surface area contributed by atoms with Crippen LogP contribution in [0.4, 0.5) is 0 Å². The van der Waals surface area contributed by atoms with E-state index in [1.807, 2.05) is 5.38 Å². The highest BCUT2D eigenvalue weighted by Crippen LogP contribution is 2.52. The van der Waals surface area contributed by atoms with Crippen molar-refractivity contribution in [2.24, 2.45) is 35.0 Å². The number of hydrogen-bond donors (Lipinski definition) is 3. The third-order valence-electron chi connectivity index (χ3n) is 7.43. The lowest BCUT2D eigenvalue weighted by molar-refractivity contribution is -0.149. The first-order valence-corrected chi connectivity index (χ1v) is 11.5. The number of nitrogens with one attached hydrogen (secondary N) is 2. The van der Waals surface area contributed by atoms with Crippen molar-refractivity contribution in [1.82, 2.24) is 10.9 Å². The van der Waals surface area contributed by atoms with Gasteiger partial charge in [-0.1, -0.05) is 20.8 Å². The van der Waals surface area contributed by atoms with Gasteiger partial charge in [0.15, 0.2) is 0 Å². The Bertz CT molecular complexity index is 840. The van der Waals surface area contributed by atoms with Crippen LogP contribution in [0.25, 0.3) is 0 Å². The summed E-state index contributed by atoms with van der Waals surface area (Å²) in [6, 6.07) is 0. The van der Waals surface area contributed by atoms with Crippen molar-refractivity contribution < 1.29 is 19.5 Å². The SMILES string of the molecule is CC(C)(C)[C@H]1CCc2c(C(=O)NNC(=O)[C@@H]3[C@@H]4CC[C@@H](C4)[C@@H]3C(=O)O)csc2C1. The van der Waals surface area contributed by atoms with Gasteiger partial charge in [-0.2, -0.15) is 0 Å². The molecule has 158 valence electrons. The summed E-state index contributed by atoms with van der Waals surface area (Å²) in [5.41, 5.74) is 7.06. The van der Waals surface area contributed by atoms with Gasteiger partial charge in [-0.25, -0.2) is 0 Å². The van der Waals surface area contributed by atoms with Gasteiger partial charge in [-0.05, 0) is 67.3 Å². The molecule has 1 aromatic rings. The van der Waals surface area contributed by atoms with Crippen LogP contribution in [0.5, 0.6) is 0 Å². The minimum Gasteiger partial charge on any atom is -0.481 e. The molecule has 2 bridgehead atoms. The molecule has 3 aliphatic rings. The Labute approximate surface area is 175 Å². The fourth-order valence-electron chi connectivity index (χ4n) is 5.74. The van der Waals surface area contributed by atoms with Crippen molar-refractivity contribution in [3.05, 3.63) is 21.4 Å². The summed E-state index contributed by atoms with van der Waals surface area (Å²) in [7, 11) is 0. The smallest absolute Gasteiger partial charge is 0.307 e. The summed E-state index contributed by atoms with van der Waals surface area (Å²) < 4.78 is 0. The predicted octanol–water partition coefficient (Wildman–Crippen LogP) is 3.41. The number of carboxylic acid groups (broad SMARTS) is 1. The first-order chi connectivity index (χ1) is 13.7. The van der Waals surface area contributed by atoms with Crippen molar-refractivity contribution in [2.75, 3.05) is 0 Å². The van der Waals surface area contributed by atoms with Gasteiger partial charge in [0.1, 0.15) is 0 Å². The number of hydrogen-bond acceptors (Lipinski definition) is 4. The lowest BCUT2D eigenvalue weighted by Gasteiger charge is -2.34. The highest BCUT2D eigenvalue weighted by Gasteiger charge is 2.54. The van der Waals surface area contributed by atoms with Crippen LogP contribution in [0.15, 0.2) is 5.38 Å². The number of fused-ring (bicyclic) bond motifs is 3. The fraction of sp³-hybridized carbons (Fsp3) is 0.682. The van der Waals surface area contributed by atoms with E-state index in [-0.39, 0.29) is 29.1 Å². The molecule has 29 heavy (non-hydrogen) atoms. The van der Waals surface area contributed by atoms with Crippen LogP contribution in [0, 0.1) is 35.0 Å². The van der Waals surface area contributed by atoms with Gasteiger partial charge in [0.2, 0.25) is 5.91 Å². The molecule has 0 radical (unpaired) electrons. The molecule has 0 spiro atoms. The maximum atomic E-state index is 12.7. The van der Waals surface area contributed by atoms with Crippen molar-refractivity contribution in [3.8, 4) is 0 Å². The molecule has 1 heterocycles. The van der Waals surface area contributed by atoms with Crippen LogP contribution in [0.2, 0.25) is 0 Å². The largest absolute Gasteiger partial charge is 0.481 e. The Balaban J connectivity index is 1.39. The number of rotatable bonds is 3. The van der Waals surface area contributed by atoms with Crippen LogP contribution in [-0.2, 0) is 22.4 Å². The zero-order valence-corrected chi connectivity index (χ0v) is 18.1. The van der Waals surface area contributed by atoms with E-state index in [9.17, 15) is 19.5 Å². The van der Waals surface area contributed by atoms with Crippen LogP contribution in [-0.4, -0.2) is 22.9 Å². The van der Waals surface area contributed by atoms with Gasteiger partial charge in [0, 0.05) is 10.3 Å². The molecule has 4 rings (SSSR count). The summed E-state index contributed by atoms with van der Waals surface area (Å²) in [5.74, 6) is -1.94. The average Bonchev–Trinajstić information content (AvgIpc) is 3.37. The van der Waals surface area contributed by atoms with Crippen LogP contribution in [0.3, 0.4) is 0 Å². The molecule has 2 fully saturated rings. The van der Waals surface area contributed by atoms with Crippen LogP contribution < -0.4 is 10.9 Å². The van der Waals surface area contributed by atoms with Crippen molar-refractivity contribution >= 4 is 29.1 Å². The van der Waals surface area contributed by atoms with Gasteiger partial charge in [-0.3, -0.25) is 25.2 Å². The Hall–Kier alpha value is -1.89. The van der Waals surface area contributed by atoms with E-state index in [4.69, 9.17) is 0 Å². The number of carbonyl (C=O) groups excluding carboxylic acids is 2. The highest BCUT2D eigenvalue weighted by molar-refractivity contribution is 7.10. The molecular formula is C22H30N2O4S. The number of carbonyl (C=O) groups is 3. The Morgan fingerprint density at radius 1 is 1.07 bits per heavy atom. The lowest BCUT2D eigenvalue weighted by Crippen LogP contribution is -2.48. The number of amides is 2. The quantitative estimate of drug-likeness (QED) is 0.656.